The maximum atomic E-state index is 5.36. The summed E-state index contributed by atoms with van der Waals surface area (Å²) in [6, 6.07) is 40.0. The van der Waals surface area contributed by atoms with Gasteiger partial charge in [-0.2, -0.15) is 0 Å². The van der Waals surface area contributed by atoms with Gasteiger partial charge in [0.1, 0.15) is 0 Å². The van der Waals surface area contributed by atoms with Gasteiger partial charge < -0.3 is 5.32 Å². The minimum atomic E-state index is -0.0531. The first-order chi connectivity index (χ1) is 21.3. The fraction of sp³-hybridized carbons (Fsp3) is 0.167. The molecule has 0 fully saturated rings. The Hall–Kier alpha value is -4.95. The van der Waals surface area contributed by atoms with E-state index in [0.717, 1.165) is 33.4 Å². The molecule has 0 amide bonds. The van der Waals surface area contributed by atoms with Gasteiger partial charge in [-0.3, -0.25) is 0 Å². The third-order valence-corrected chi connectivity index (χ3v) is 10.4. The minimum Gasteiger partial charge on any atom is -0.673 e. The lowest BCUT2D eigenvalue weighted by Crippen LogP contribution is -2.15. The van der Waals surface area contributed by atoms with Crippen LogP contribution >= 0.6 is 0 Å². The van der Waals surface area contributed by atoms with Crippen molar-refractivity contribution in [2.24, 2.45) is 0 Å². The summed E-state index contributed by atoms with van der Waals surface area (Å²) >= 11 is 0. The van der Waals surface area contributed by atoms with Crippen LogP contribution in [0.3, 0.4) is 0 Å². The van der Waals surface area contributed by atoms with Crippen molar-refractivity contribution >= 4 is 22.7 Å². The van der Waals surface area contributed by atoms with E-state index < -0.39 is 0 Å². The summed E-state index contributed by atoms with van der Waals surface area (Å²) < 4.78 is 0. The molecule has 212 valence electrons. The number of nitrogens with zero attached hydrogens (tertiary/aromatic N) is 2. The van der Waals surface area contributed by atoms with Crippen molar-refractivity contribution in [2.45, 2.75) is 44.6 Å². The summed E-state index contributed by atoms with van der Waals surface area (Å²) in [5, 5.41) is 6.48. The van der Waals surface area contributed by atoms with Crippen LogP contribution in [0.25, 0.3) is 55.8 Å². The Morgan fingerprint density at radius 3 is 1.93 bits per heavy atom. The minimum absolute atomic E-state index is 0.0346. The fourth-order valence-corrected chi connectivity index (χ4v) is 7.95. The number of fused-ring (bicyclic) bond motifs is 9. The molecule has 0 spiro atoms. The number of benzene rings is 5. The maximum Gasteiger partial charge on any atom is 0.0709 e. The van der Waals surface area contributed by atoms with Gasteiger partial charge in [-0.25, -0.2) is 4.98 Å². The quantitative estimate of drug-likeness (QED) is 0.205. The number of hydrogen-bond donors (Lipinski definition) is 0. The predicted molar refractivity (Wildman–Crippen MR) is 184 cm³/mol. The standard InChI is InChI=1S/C42H33N2/c1-41(2)33-11-7-5-9-29(33)31-19-15-27(23-35(31)41)37-21-17-25-13-14-26-18-22-38(44-40(26)39(25)43-37)28-16-20-32-30-10-6-8-12-34(30)42(3,4)36(32)24-28/h5-24,37H,1-4H3/q-1. The van der Waals surface area contributed by atoms with Crippen LogP contribution in [-0.4, -0.2) is 4.98 Å². The van der Waals surface area contributed by atoms with Crippen LogP contribution in [-0.2, 0) is 10.8 Å². The van der Waals surface area contributed by atoms with Crippen molar-refractivity contribution < 1.29 is 0 Å². The normalized spacial score (nSPS) is 17.8. The van der Waals surface area contributed by atoms with Gasteiger partial charge in [0.05, 0.1) is 11.2 Å². The van der Waals surface area contributed by atoms with Gasteiger partial charge in [0.25, 0.3) is 0 Å². The zero-order valence-electron chi connectivity index (χ0n) is 25.5. The SMILES string of the molecule is CC1(C)c2ccccc2-c2ccc(-c3ccc4ccc5c(c4n3)[N-]C(c3ccc4c(c3)C(C)(C)c3ccccc3-4)C=C5)cc21. The number of aromatic nitrogens is 1. The molecule has 0 saturated carbocycles. The van der Waals surface area contributed by atoms with Gasteiger partial charge in [0.15, 0.2) is 0 Å². The summed E-state index contributed by atoms with van der Waals surface area (Å²) in [6.07, 6.45) is 4.46. The highest BCUT2D eigenvalue weighted by atomic mass is 14.9. The van der Waals surface area contributed by atoms with E-state index in [2.05, 4.69) is 149 Å². The van der Waals surface area contributed by atoms with Crippen molar-refractivity contribution in [1.29, 1.82) is 0 Å². The van der Waals surface area contributed by atoms with Crippen molar-refractivity contribution in [3.63, 3.8) is 0 Å². The molecule has 0 saturated heterocycles. The highest BCUT2D eigenvalue weighted by Gasteiger charge is 2.36. The van der Waals surface area contributed by atoms with Crippen molar-refractivity contribution in [3.05, 3.63) is 154 Å². The Kier molecular flexibility index (Phi) is 5.11. The molecular weight excluding hydrogens is 532 g/mol. The average Bonchev–Trinajstić information content (AvgIpc) is 3.43. The zero-order chi connectivity index (χ0) is 29.8. The van der Waals surface area contributed by atoms with Gasteiger partial charge in [0, 0.05) is 16.4 Å². The second-order valence-electron chi connectivity index (χ2n) is 13.6. The molecule has 2 heterocycles. The van der Waals surface area contributed by atoms with Crippen molar-refractivity contribution in [2.75, 3.05) is 0 Å². The second kappa shape index (κ2) is 8.80. The molecule has 0 N–H and O–H groups in total. The molecule has 9 rings (SSSR count). The Bertz CT molecular complexity index is 2210. The third-order valence-electron chi connectivity index (χ3n) is 10.4. The summed E-state index contributed by atoms with van der Waals surface area (Å²) in [4.78, 5) is 5.29. The smallest absolute Gasteiger partial charge is 0.0709 e. The Balaban J connectivity index is 1.10. The third kappa shape index (κ3) is 3.46. The number of rotatable bonds is 2. The molecule has 1 atom stereocenters. The molecule has 2 aliphatic carbocycles. The van der Waals surface area contributed by atoms with Gasteiger partial charge in [-0.1, -0.05) is 149 Å². The fourth-order valence-electron chi connectivity index (χ4n) is 7.95. The van der Waals surface area contributed by atoms with E-state index in [0.29, 0.717) is 0 Å². The van der Waals surface area contributed by atoms with E-state index in [1.807, 2.05) is 0 Å². The summed E-state index contributed by atoms with van der Waals surface area (Å²) in [5.74, 6) is 0. The lowest BCUT2D eigenvalue weighted by atomic mass is 9.81. The number of pyridine rings is 1. The van der Waals surface area contributed by atoms with Crippen LogP contribution in [0.15, 0.2) is 115 Å². The second-order valence-corrected chi connectivity index (χ2v) is 13.6. The van der Waals surface area contributed by atoms with Crippen LogP contribution in [0.1, 0.15) is 67.1 Å². The molecule has 1 aliphatic heterocycles. The molecule has 5 aromatic carbocycles. The predicted octanol–water partition coefficient (Wildman–Crippen LogP) is 11.3. The molecule has 2 heteroatoms. The van der Waals surface area contributed by atoms with E-state index in [1.54, 1.807) is 0 Å². The highest BCUT2D eigenvalue weighted by Crippen LogP contribution is 2.52. The average molecular weight is 566 g/mol. The molecule has 44 heavy (non-hydrogen) atoms. The molecule has 0 radical (unpaired) electrons. The molecule has 3 aliphatic rings. The van der Waals surface area contributed by atoms with E-state index in [9.17, 15) is 0 Å². The lowest BCUT2D eigenvalue weighted by molar-refractivity contribution is 0.659. The van der Waals surface area contributed by atoms with E-state index in [4.69, 9.17) is 10.3 Å². The molecule has 2 nitrogen and oxygen atoms in total. The van der Waals surface area contributed by atoms with Gasteiger partial charge in [-0.05, 0) is 67.6 Å². The molecule has 1 unspecified atom stereocenters. The van der Waals surface area contributed by atoms with Crippen molar-refractivity contribution in [1.82, 2.24) is 4.98 Å². The molecule has 6 aromatic rings. The van der Waals surface area contributed by atoms with E-state index in [1.165, 1.54) is 50.1 Å². The first-order valence-corrected chi connectivity index (χ1v) is 15.6. The van der Waals surface area contributed by atoms with Crippen LogP contribution in [0.2, 0.25) is 0 Å². The topological polar surface area (TPSA) is 27.0 Å². The van der Waals surface area contributed by atoms with Crippen LogP contribution in [0, 0.1) is 0 Å². The van der Waals surface area contributed by atoms with E-state index >= 15 is 0 Å². The monoisotopic (exact) mass is 565 g/mol. The molecular formula is C42H33N2-. The van der Waals surface area contributed by atoms with Gasteiger partial charge in [-0.15, -0.1) is 5.69 Å². The Morgan fingerprint density at radius 2 is 1.20 bits per heavy atom. The van der Waals surface area contributed by atoms with Crippen LogP contribution in [0.5, 0.6) is 0 Å². The Labute approximate surface area is 259 Å². The lowest BCUT2D eigenvalue weighted by Gasteiger charge is -2.37. The maximum absolute atomic E-state index is 5.36. The molecule has 0 bridgehead atoms. The summed E-state index contributed by atoms with van der Waals surface area (Å²) in [7, 11) is 0. The van der Waals surface area contributed by atoms with Gasteiger partial charge in [0.2, 0.25) is 0 Å². The zero-order valence-corrected chi connectivity index (χ0v) is 25.5. The van der Waals surface area contributed by atoms with Crippen molar-refractivity contribution in [3.8, 4) is 33.5 Å². The first-order valence-electron chi connectivity index (χ1n) is 15.6. The first kappa shape index (κ1) is 25.5. The summed E-state index contributed by atoms with van der Waals surface area (Å²) in [5.41, 5.74) is 17.2. The van der Waals surface area contributed by atoms with Crippen LogP contribution < -0.4 is 0 Å². The highest BCUT2D eigenvalue weighted by molar-refractivity contribution is 5.99. The van der Waals surface area contributed by atoms with Gasteiger partial charge >= 0.3 is 0 Å². The van der Waals surface area contributed by atoms with E-state index in [-0.39, 0.29) is 16.9 Å². The molecule has 1 aromatic heterocycles. The summed E-state index contributed by atoms with van der Waals surface area (Å²) in [6.45, 7) is 9.33. The largest absolute Gasteiger partial charge is 0.673 e. The van der Waals surface area contributed by atoms with Crippen LogP contribution in [0.4, 0.5) is 5.69 Å². The Morgan fingerprint density at radius 1 is 0.591 bits per heavy atom. The number of hydrogen-bond acceptors (Lipinski definition) is 1.